The highest BCUT2D eigenvalue weighted by atomic mass is 16.5. The van der Waals surface area contributed by atoms with Crippen molar-refractivity contribution in [3.05, 3.63) is 69.9 Å². The number of hydrogen-bond acceptors (Lipinski definition) is 9. The molecule has 1 fully saturated rings. The molecular weight excluding hydrogens is 548 g/mol. The first-order chi connectivity index (χ1) is 20.6. The zero-order valence-electron chi connectivity index (χ0n) is 25.7. The molecule has 2 aliphatic heterocycles. The molecule has 230 valence electrons. The van der Waals surface area contributed by atoms with Crippen LogP contribution in [0.3, 0.4) is 0 Å². The summed E-state index contributed by atoms with van der Waals surface area (Å²) >= 11 is 0. The van der Waals surface area contributed by atoms with E-state index in [9.17, 15) is 14.7 Å². The third-order valence-electron chi connectivity index (χ3n) is 8.33. The van der Waals surface area contributed by atoms with Gasteiger partial charge >= 0.3 is 0 Å². The van der Waals surface area contributed by atoms with E-state index in [0.717, 1.165) is 48.0 Å². The summed E-state index contributed by atoms with van der Waals surface area (Å²) in [5.74, 6) is 2.34. The summed E-state index contributed by atoms with van der Waals surface area (Å²) in [5, 5.41) is 13.7. The van der Waals surface area contributed by atoms with Gasteiger partial charge in [-0.05, 0) is 61.4 Å². The van der Waals surface area contributed by atoms with Gasteiger partial charge in [0.05, 0.1) is 11.8 Å². The number of benzene rings is 1. The number of aliphatic hydroxyl groups is 1. The fourth-order valence-electron chi connectivity index (χ4n) is 5.71. The molecule has 1 aromatic carbocycles. The third kappa shape index (κ3) is 7.40. The lowest BCUT2D eigenvalue weighted by Crippen LogP contribution is -2.49. The van der Waals surface area contributed by atoms with Crippen LogP contribution in [0.5, 0.6) is 5.75 Å². The van der Waals surface area contributed by atoms with Crippen molar-refractivity contribution < 1.29 is 23.8 Å². The number of β-amino-alcohol motifs (C(OH)–C–C–N with tert-alkyl or cyclic N) is 1. The number of carbonyl (C=O) groups excluding carboxylic acids is 2. The van der Waals surface area contributed by atoms with E-state index in [-0.39, 0.29) is 24.3 Å². The minimum atomic E-state index is -0.724. The van der Waals surface area contributed by atoms with Crippen LogP contribution in [0.4, 0.5) is 0 Å². The van der Waals surface area contributed by atoms with E-state index in [2.05, 4.69) is 38.2 Å². The maximum atomic E-state index is 13.1. The fraction of sp³-hybridized carbons (Fsp3) is 0.531. The van der Waals surface area contributed by atoms with Gasteiger partial charge in [-0.15, -0.1) is 0 Å². The molecule has 0 unspecified atom stereocenters. The Labute approximate surface area is 252 Å². The SMILES string of the molecule is CC(=O)N1CC(Cc2cc(C(=O)NC[C@H](O)CN3CCc4c(ccc(OCc5ocnc5C)c4C)C3)nc(C(C)C)n2)C1. The molecule has 2 aliphatic rings. The van der Waals surface area contributed by atoms with Crippen LogP contribution < -0.4 is 10.1 Å². The summed E-state index contributed by atoms with van der Waals surface area (Å²) in [5.41, 5.74) is 5.57. The first kappa shape index (κ1) is 30.6. The quantitative estimate of drug-likeness (QED) is 0.346. The highest BCUT2D eigenvalue weighted by Gasteiger charge is 2.29. The van der Waals surface area contributed by atoms with Gasteiger partial charge in [-0.1, -0.05) is 19.9 Å². The lowest BCUT2D eigenvalue weighted by molar-refractivity contribution is -0.134. The number of amides is 2. The molecule has 5 rings (SSSR count). The molecule has 0 spiro atoms. The van der Waals surface area contributed by atoms with E-state index in [1.807, 2.05) is 26.8 Å². The van der Waals surface area contributed by atoms with Crippen LogP contribution in [0, 0.1) is 19.8 Å². The number of aliphatic hydroxyl groups excluding tert-OH is 1. The average molecular weight is 591 g/mol. The van der Waals surface area contributed by atoms with Gasteiger partial charge in [-0.3, -0.25) is 14.5 Å². The van der Waals surface area contributed by atoms with E-state index >= 15 is 0 Å². The number of oxazole rings is 1. The van der Waals surface area contributed by atoms with Crippen LogP contribution in [-0.2, 0) is 30.8 Å². The van der Waals surface area contributed by atoms with E-state index < -0.39 is 6.10 Å². The van der Waals surface area contributed by atoms with Gasteiger partial charge in [0.1, 0.15) is 23.9 Å². The molecule has 1 saturated heterocycles. The van der Waals surface area contributed by atoms with Crippen LogP contribution in [0.15, 0.2) is 29.0 Å². The predicted molar refractivity (Wildman–Crippen MR) is 160 cm³/mol. The number of nitrogens with zero attached hydrogens (tertiary/aromatic N) is 5. The van der Waals surface area contributed by atoms with Gasteiger partial charge in [0.2, 0.25) is 5.91 Å². The second kappa shape index (κ2) is 13.2. The maximum absolute atomic E-state index is 13.1. The standard InChI is InChI=1S/C32H42N6O5/c1-19(2)31-35-25(10-23-13-38(14-23)22(5)39)11-28(36-31)32(41)33-12-26(40)16-37-9-8-27-20(3)29(7-6-24(27)15-37)42-17-30-21(4)34-18-43-30/h6-7,11,18-19,23,26,40H,8-10,12-17H2,1-5H3,(H,33,41)/t26-/m0/s1. The Bertz CT molecular complexity index is 1460. The number of carbonyl (C=O) groups is 2. The number of aryl methyl sites for hydroxylation is 1. The van der Waals surface area contributed by atoms with E-state index in [4.69, 9.17) is 9.15 Å². The van der Waals surface area contributed by atoms with E-state index in [0.29, 0.717) is 50.1 Å². The molecule has 0 aliphatic carbocycles. The third-order valence-corrected chi connectivity index (χ3v) is 8.33. The monoisotopic (exact) mass is 590 g/mol. The van der Waals surface area contributed by atoms with Gasteiger partial charge in [-0.2, -0.15) is 0 Å². The van der Waals surface area contributed by atoms with E-state index in [1.165, 1.54) is 17.5 Å². The number of rotatable bonds is 11. The van der Waals surface area contributed by atoms with Crippen molar-refractivity contribution >= 4 is 11.8 Å². The van der Waals surface area contributed by atoms with Gasteiger partial charge in [0.15, 0.2) is 12.2 Å². The van der Waals surface area contributed by atoms with Crippen molar-refractivity contribution in [2.24, 2.45) is 5.92 Å². The molecule has 3 aromatic rings. The molecule has 2 amide bonds. The molecular formula is C32H42N6O5. The number of likely N-dealkylation sites (tertiary alicyclic amines) is 1. The summed E-state index contributed by atoms with van der Waals surface area (Å²) in [6.45, 7) is 13.4. The molecule has 4 heterocycles. The Hall–Kier alpha value is -3.83. The molecule has 0 saturated carbocycles. The number of hydrogen-bond donors (Lipinski definition) is 2. The topological polar surface area (TPSA) is 134 Å². The first-order valence-corrected chi connectivity index (χ1v) is 15.0. The minimum absolute atomic E-state index is 0.0676. The van der Waals surface area contributed by atoms with Crippen molar-refractivity contribution in [2.75, 3.05) is 32.7 Å². The Kier molecular flexibility index (Phi) is 9.41. The Balaban J connectivity index is 1.13. The smallest absolute Gasteiger partial charge is 0.270 e. The molecule has 0 bridgehead atoms. The molecule has 2 N–H and O–H groups in total. The second-order valence-electron chi connectivity index (χ2n) is 12.1. The number of ether oxygens (including phenoxy) is 1. The van der Waals surface area contributed by atoms with Crippen LogP contribution >= 0.6 is 0 Å². The molecule has 11 heteroatoms. The van der Waals surface area contributed by atoms with Crippen LogP contribution in [0.2, 0.25) is 0 Å². The van der Waals surface area contributed by atoms with Crippen LogP contribution in [0.1, 0.15) is 76.8 Å². The lowest BCUT2D eigenvalue weighted by atomic mass is 9.94. The fourth-order valence-corrected chi connectivity index (χ4v) is 5.71. The summed E-state index contributed by atoms with van der Waals surface area (Å²) in [6, 6.07) is 5.82. The normalized spacial score (nSPS) is 16.1. The van der Waals surface area contributed by atoms with Crippen molar-refractivity contribution in [1.29, 1.82) is 0 Å². The van der Waals surface area contributed by atoms with Crippen LogP contribution in [0.25, 0.3) is 0 Å². The highest BCUT2D eigenvalue weighted by molar-refractivity contribution is 5.92. The minimum Gasteiger partial charge on any atom is -0.485 e. The lowest BCUT2D eigenvalue weighted by Gasteiger charge is -2.38. The van der Waals surface area contributed by atoms with Gasteiger partial charge in [0.25, 0.3) is 5.91 Å². The number of aromatic nitrogens is 3. The Morgan fingerprint density at radius 1 is 1.21 bits per heavy atom. The summed E-state index contributed by atoms with van der Waals surface area (Å²) < 4.78 is 11.4. The molecule has 2 aromatic heterocycles. The van der Waals surface area contributed by atoms with Crippen molar-refractivity contribution in [1.82, 2.24) is 30.1 Å². The first-order valence-electron chi connectivity index (χ1n) is 15.0. The Morgan fingerprint density at radius 3 is 2.70 bits per heavy atom. The van der Waals surface area contributed by atoms with Gasteiger partial charge in [0, 0.05) is 57.8 Å². The summed E-state index contributed by atoms with van der Waals surface area (Å²) in [6.07, 6.45) is 2.25. The second-order valence-corrected chi connectivity index (χ2v) is 12.1. The average Bonchev–Trinajstić information content (AvgIpc) is 3.37. The Morgan fingerprint density at radius 2 is 2.00 bits per heavy atom. The highest BCUT2D eigenvalue weighted by Crippen LogP contribution is 2.30. The molecule has 11 nitrogen and oxygen atoms in total. The van der Waals surface area contributed by atoms with Crippen molar-refractivity contribution in [2.45, 2.75) is 72.6 Å². The maximum Gasteiger partial charge on any atom is 0.270 e. The zero-order chi connectivity index (χ0) is 30.7. The number of nitrogens with one attached hydrogen (secondary N) is 1. The summed E-state index contributed by atoms with van der Waals surface area (Å²) in [4.78, 5) is 41.9. The molecule has 1 atom stereocenters. The largest absolute Gasteiger partial charge is 0.485 e. The van der Waals surface area contributed by atoms with E-state index in [1.54, 1.807) is 17.9 Å². The van der Waals surface area contributed by atoms with Gasteiger partial charge < -0.3 is 24.5 Å². The predicted octanol–water partition coefficient (Wildman–Crippen LogP) is 2.95. The van der Waals surface area contributed by atoms with Gasteiger partial charge in [-0.25, -0.2) is 15.0 Å². The zero-order valence-corrected chi connectivity index (χ0v) is 25.7. The van der Waals surface area contributed by atoms with Crippen molar-refractivity contribution in [3.63, 3.8) is 0 Å². The van der Waals surface area contributed by atoms with Crippen LogP contribution in [-0.4, -0.2) is 80.5 Å². The molecule has 43 heavy (non-hydrogen) atoms. The number of fused-ring (bicyclic) bond motifs is 1. The summed E-state index contributed by atoms with van der Waals surface area (Å²) in [7, 11) is 0. The molecule has 0 radical (unpaired) electrons. The van der Waals surface area contributed by atoms with Crippen molar-refractivity contribution in [3.8, 4) is 5.75 Å².